The van der Waals surface area contributed by atoms with E-state index in [4.69, 9.17) is 10.5 Å². The minimum absolute atomic E-state index is 0.0344. The molecule has 0 aliphatic rings. The number of nitrogens with zero attached hydrogens (tertiary/aromatic N) is 2. The number of ketones is 1. The number of hydrogen-bond donors (Lipinski definition) is 0. The van der Waals surface area contributed by atoms with Gasteiger partial charge < -0.3 is 0 Å². The summed E-state index contributed by atoms with van der Waals surface area (Å²) in [6.45, 7) is 0. The van der Waals surface area contributed by atoms with Gasteiger partial charge in [0.2, 0.25) is 0 Å². The first-order valence-electron chi connectivity index (χ1n) is 4.26. The van der Waals surface area contributed by atoms with E-state index in [9.17, 15) is 4.79 Å². The smallest absolute Gasteiger partial charge is 0.163 e. The predicted octanol–water partition coefficient (Wildman–Crippen LogP) is 2.40. The van der Waals surface area contributed by atoms with Gasteiger partial charge in [0.05, 0.1) is 11.1 Å². The maximum absolute atomic E-state index is 11.5. The fourth-order valence-electron chi connectivity index (χ4n) is 1.14. The van der Waals surface area contributed by atoms with Gasteiger partial charge in [-0.2, -0.15) is 10.5 Å². The molecule has 0 aromatic heterocycles. The van der Waals surface area contributed by atoms with Crippen LogP contribution in [-0.2, 0) is 0 Å². The second kappa shape index (κ2) is 5.29. The zero-order chi connectivity index (χ0) is 11.3. The molecule has 0 radical (unpaired) electrons. The summed E-state index contributed by atoms with van der Waals surface area (Å²) in [4.78, 5) is 11.5. The van der Waals surface area contributed by atoms with Crippen molar-refractivity contribution in [3.05, 3.63) is 34.9 Å². The van der Waals surface area contributed by atoms with Gasteiger partial charge in [0.15, 0.2) is 5.78 Å². The second-order valence-corrected chi connectivity index (χ2v) is 3.64. The highest BCUT2D eigenvalue weighted by Crippen LogP contribution is 2.12. The summed E-state index contributed by atoms with van der Waals surface area (Å²) in [5, 5.41) is 18.0. The van der Waals surface area contributed by atoms with Gasteiger partial charge >= 0.3 is 0 Å². The van der Waals surface area contributed by atoms with Crippen LogP contribution in [0.15, 0.2) is 18.2 Å². The van der Waals surface area contributed by atoms with Gasteiger partial charge in [0.1, 0.15) is 12.1 Å². The number of halogens is 1. The molecule has 0 saturated carbocycles. The van der Waals surface area contributed by atoms with E-state index in [2.05, 4.69) is 15.9 Å². The third-order valence-corrected chi connectivity index (χ3v) is 2.30. The quantitative estimate of drug-likeness (QED) is 0.621. The Labute approximate surface area is 96.1 Å². The van der Waals surface area contributed by atoms with Crippen LogP contribution >= 0.6 is 15.9 Å². The number of nitriles is 2. The molecule has 0 amide bonds. The topological polar surface area (TPSA) is 64.7 Å². The highest BCUT2D eigenvalue weighted by Gasteiger charge is 2.08. The standard InChI is InChI=1S/C11H7BrN2O/c12-4-3-11(15)8-1-2-9(6-13)10(5-8)7-14/h1-2,5H,3-4H2. The molecule has 74 valence electrons. The lowest BCUT2D eigenvalue weighted by molar-refractivity contribution is 0.0990. The largest absolute Gasteiger partial charge is 0.294 e. The van der Waals surface area contributed by atoms with E-state index in [1.807, 2.05) is 12.1 Å². The molecule has 1 aromatic rings. The first-order valence-corrected chi connectivity index (χ1v) is 5.38. The second-order valence-electron chi connectivity index (χ2n) is 2.85. The van der Waals surface area contributed by atoms with Crippen molar-refractivity contribution in [2.75, 3.05) is 5.33 Å². The third kappa shape index (κ3) is 2.65. The molecule has 1 aromatic carbocycles. The van der Waals surface area contributed by atoms with E-state index in [1.165, 1.54) is 12.1 Å². The highest BCUT2D eigenvalue weighted by atomic mass is 79.9. The van der Waals surface area contributed by atoms with Crippen molar-refractivity contribution >= 4 is 21.7 Å². The van der Waals surface area contributed by atoms with Crippen LogP contribution in [0, 0.1) is 22.7 Å². The van der Waals surface area contributed by atoms with Gasteiger partial charge in [-0.3, -0.25) is 4.79 Å². The summed E-state index contributed by atoms with van der Waals surface area (Å²) in [7, 11) is 0. The zero-order valence-electron chi connectivity index (χ0n) is 7.83. The monoisotopic (exact) mass is 262 g/mol. The van der Waals surface area contributed by atoms with Crippen LogP contribution in [0.25, 0.3) is 0 Å². The first kappa shape index (κ1) is 11.4. The van der Waals surface area contributed by atoms with Crippen molar-refractivity contribution in [3.63, 3.8) is 0 Å². The molecule has 0 N–H and O–H groups in total. The summed E-state index contributed by atoms with van der Waals surface area (Å²) >= 11 is 3.17. The van der Waals surface area contributed by atoms with E-state index >= 15 is 0 Å². The Bertz CT molecular complexity index is 468. The molecule has 0 heterocycles. The fourth-order valence-corrected chi connectivity index (χ4v) is 1.50. The Morgan fingerprint density at radius 2 is 1.93 bits per heavy atom. The summed E-state index contributed by atoms with van der Waals surface area (Å²) in [6.07, 6.45) is 0.386. The van der Waals surface area contributed by atoms with Gasteiger partial charge in [0, 0.05) is 17.3 Å². The molecule has 0 atom stereocenters. The minimum Gasteiger partial charge on any atom is -0.294 e. The Morgan fingerprint density at radius 1 is 1.27 bits per heavy atom. The lowest BCUT2D eigenvalue weighted by atomic mass is 10.0. The minimum atomic E-state index is -0.0344. The molecule has 0 fully saturated rings. The molecule has 0 bridgehead atoms. The average Bonchev–Trinajstić information content (AvgIpc) is 2.28. The maximum Gasteiger partial charge on any atom is 0.163 e. The Balaban J connectivity index is 3.11. The van der Waals surface area contributed by atoms with Crippen molar-refractivity contribution in [2.45, 2.75) is 6.42 Å². The average molecular weight is 263 g/mol. The molecule has 0 aliphatic carbocycles. The van der Waals surface area contributed by atoms with Gasteiger partial charge in [-0.05, 0) is 12.1 Å². The molecule has 0 spiro atoms. The van der Waals surface area contributed by atoms with Gasteiger partial charge in [-0.1, -0.05) is 22.0 Å². The van der Waals surface area contributed by atoms with Crippen molar-refractivity contribution in [2.24, 2.45) is 0 Å². The number of rotatable bonds is 3. The van der Waals surface area contributed by atoms with Crippen LogP contribution in [0.3, 0.4) is 0 Å². The first-order chi connectivity index (χ1) is 7.22. The molecule has 1 rings (SSSR count). The summed E-state index contributed by atoms with van der Waals surface area (Å²) in [6, 6.07) is 8.33. The summed E-state index contributed by atoms with van der Waals surface area (Å²) < 4.78 is 0. The number of benzene rings is 1. The number of carbonyl (C=O) groups is 1. The lowest BCUT2D eigenvalue weighted by Gasteiger charge is -2.00. The third-order valence-electron chi connectivity index (χ3n) is 1.90. The molecule has 0 aliphatic heterocycles. The molecule has 0 saturated heterocycles. The van der Waals surface area contributed by atoms with E-state index < -0.39 is 0 Å². The summed E-state index contributed by atoms with van der Waals surface area (Å²) in [5.74, 6) is -0.0344. The van der Waals surface area contributed by atoms with E-state index in [-0.39, 0.29) is 11.3 Å². The maximum atomic E-state index is 11.5. The molecule has 4 heteroatoms. The summed E-state index contributed by atoms with van der Waals surface area (Å²) in [5.41, 5.74) is 1.02. The lowest BCUT2D eigenvalue weighted by Crippen LogP contribution is -2.00. The highest BCUT2D eigenvalue weighted by molar-refractivity contribution is 9.09. The van der Waals surface area contributed by atoms with Crippen LogP contribution in [0.1, 0.15) is 27.9 Å². The molecule has 0 unspecified atom stereocenters. The molecule has 3 nitrogen and oxygen atoms in total. The van der Waals surface area contributed by atoms with E-state index in [0.717, 1.165) is 0 Å². The van der Waals surface area contributed by atoms with Crippen LogP contribution in [0.2, 0.25) is 0 Å². The predicted molar refractivity (Wildman–Crippen MR) is 58.6 cm³/mol. The van der Waals surface area contributed by atoms with Crippen LogP contribution in [0.4, 0.5) is 0 Å². The van der Waals surface area contributed by atoms with E-state index in [1.54, 1.807) is 6.07 Å². The van der Waals surface area contributed by atoms with Crippen LogP contribution in [0.5, 0.6) is 0 Å². The molecule has 15 heavy (non-hydrogen) atoms. The Hall–Kier alpha value is -1.65. The van der Waals surface area contributed by atoms with E-state index in [0.29, 0.717) is 22.9 Å². The van der Waals surface area contributed by atoms with Crippen molar-refractivity contribution < 1.29 is 4.79 Å². The van der Waals surface area contributed by atoms with Crippen LogP contribution < -0.4 is 0 Å². The number of carbonyl (C=O) groups excluding carboxylic acids is 1. The van der Waals surface area contributed by atoms with Crippen molar-refractivity contribution in [1.82, 2.24) is 0 Å². The normalized spacial score (nSPS) is 9.00. The van der Waals surface area contributed by atoms with Crippen molar-refractivity contribution in [1.29, 1.82) is 10.5 Å². The van der Waals surface area contributed by atoms with Crippen molar-refractivity contribution in [3.8, 4) is 12.1 Å². The van der Waals surface area contributed by atoms with Gasteiger partial charge in [-0.15, -0.1) is 0 Å². The van der Waals surface area contributed by atoms with Gasteiger partial charge in [-0.25, -0.2) is 0 Å². The SMILES string of the molecule is N#Cc1ccc(C(=O)CCBr)cc1C#N. The molecular formula is C11H7BrN2O. The van der Waals surface area contributed by atoms with Gasteiger partial charge in [0.25, 0.3) is 0 Å². The molecular weight excluding hydrogens is 256 g/mol. The number of alkyl halides is 1. The Morgan fingerprint density at radius 3 is 2.47 bits per heavy atom. The fraction of sp³-hybridized carbons (Fsp3) is 0.182. The number of hydrogen-bond acceptors (Lipinski definition) is 3. The zero-order valence-corrected chi connectivity index (χ0v) is 9.41. The Kier molecular flexibility index (Phi) is 4.03. The van der Waals surface area contributed by atoms with Crippen LogP contribution in [-0.4, -0.2) is 11.1 Å². The number of Topliss-reactive ketones (excluding diaryl/α,β-unsaturated/α-hetero) is 1.